The van der Waals surface area contributed by atoms with Crippen molar-refractivity contribution in [3.05, 3.63) is 28.3 Å². The number of aliphatic hydroxyl groups is 1. The molecule has 0 aromatic heterocycles. The average Bonchev–Trinajstić information content (AvgIpc) is 2.12. The molecule has 1 aromatic rings. The number of halogens is 1. The van der Waals surface area contributed by atoms with Crippen molar-refractivity contribution in [2.75, 3.05) is 6.61 Å². The summed E-state index contributed by atoms with van der Waals surface area (Å²) < 4.78 is 0. The molecular weight excluding hydrogens is 200 g/mol. The van der Waals surface area contributed by atoms with E-state index >= 15 is 0 Å². The molecule has 1 rings (SSSR count). The molecule has 0 aliphatic rings. The van der Waals surface area contributed by atoms with E-state index in [1.165, 1.54) is 0 Å². The zero-order valence-corrected chi connectivity index (χ0v) is 9.39. The fourth-order valence-corrected chi connectivity index (χ4v) is 1.76. The first-order valence-electron chi connectivity index (χ1n) is 4.49. The SMILES string of the molecule is Cc1ccc(Cl)c(O)c1C(C)(C)CO. The molecule has 0 heterocycles. The fourth-order valence-electron chi connectivity index (χ4n) is 1.60. The van der Waals surface area contributed by atoms with E-state index in [1.54, 1.807) is 6.07 Å². The zero-order chi connectivity index (χ0) is 10.9. The van der Waals surface area contributed by atoms with Crippen molar-refractivity contribution in [1.82, 2.24) is 0 Å². The van der Waals surface area contributed by atoms with Crippen LogP contribution in [0, 0.1) is 6.92 Å². The largest absolute Gasteiger partial charge is 0.506 e. The molecule has 0 unspecified atom stereocenters. The standard InChI is InChI=1S/C11H15ClO2/c1-7-4-5-8(12)10(14)9(7)11(2,3)6-13/h4-5,13-14H,6H2,1-3H3. The quantitative estimate of drug-likeness (QED) is 0.795. The van der Waals surface area contributed by atoms with Crippen LogP contribution in [0.5, 0.6) is 5.75 Å². The van der Waals surface area contributed by atoms with Crippen molar-refractivity contribution >= 4 is 11.6 Å². The van der Waals surface area contributed by atoms with Gasteiger partial charge in [-0.2, -0.15) is 0 Å². The number of hydrogen-bond donors (Lipinski definition) is 2. The summed E-state index contributed by atoms with van der Waals surface area (Å²) in [6.45, 7) is 5.60. The Morgan fingerprint density at radius 2 is 1.93 bits per heavy atom. The monoisotopic (exact) mass is 214 g/mol. The highest BCUT2D eigenvalue weighted by Gasteiger charge is 2.26. The fraction of sp³-hybridized carbons (Fsp3) is 0.455. The van der Waals surface area contributed by atoms with E-state index in [4.69, 9.17) is 11.6 Å². The van der Waals surface area contributed by atoms with Crippen LogP contribution in [0.15, 0.2) is 12.1 Å². The van der Waals surface area contributed by atoms with Crippen LogP contribution in [0.2, 0.25) is 5.02 Å². The second-order valence-electron chi connectivity index (χ2n) is 4.13. The highest BCUT2D eigenvalue weighted by atomic mass is 35.5. The first-order valence-corrected chi connectivity index (χ1v) is 4.87. The number of aryl methyl sites for hydroxylation is 1. The van der Waals surface area contributed by atoms with Gasteiger partial charge in [-0.3, -0.25) is 0 Å². The number of aromatic hydroxyl groups is 1. The Morgan fingerprint density at radius 3 is 2.43 bits per heavy atom. The molecule has 0 aliphatic carbocycles. The number of phenols is 1. The third-order valence-electron chi connectivity index (χ3n) is 2.41. The van der Waals surface area contributed by atoms with E-state index in [0.29, 0.717) is 10.6 Å². The smallest absolute Gasteiger partial charge is 0.138 e. The number of phenolic OH excluding ortho intramolecular Hbond substituents is 1. The number of hydrogen-bond acceptors (Lipinski definition) is 2. The minimum absolute atomic E-state index is 0.0260. The molecule has 2 N–H and O–H groups in total. The Labute approximate surface area is 89.1 Å². The molecule has 0 bridgehead atoms. The second kappa shape index (κ2) is 3.79. The lowest BCUT2D eigenvalue weighted by atomic mass is 9.82. The molecule has 0 radical (unpaired) electrons. The minimum Gasteiger partial charge on any atom is -0.506 e. The van der Waals surface area contributed by atoms with Crippen LogP contribution in [-0.4, -0.2) is 16.8 Å². The maximum Gasteiger partial charge on any atom is 0.138 e. The first-order chi connectivity index (χ1) is 6.40. The van der Waals surface area contributed by atoms with Crippen molar-refractivity contribution in [3.63, 3.8) is 0 Å². The van der Waals surface area contributed by atoms with Gasteiger partial charge in [0.2, 0.25) is 0 Å². The molecule has 14 heavy (non-hydrogen) atoms. The van der Waals surface area contributed by atoms with Gasteiger partial charge in [0.25, 0.3) is 0 Å². The molecule has 0 saturated carbocycles. The van der Waals surface area contributed by atoms with Gasteiger partial charge in [0.1, 0.15) is 5.75 Å². The van der Waals surface area contributed by atoms with E-state index in [2.05, 4.69) is 0 Å². The topological polar surface area (TPSA) is 40.5 Å². The van der Waals surface area contributed by atoms with Gasteiger partial charge < -0.3 is 10.2 Å². The van der Waals surface area contributed by atoms with Gasteiger partial charge in [-0.25, -0.2) is 0 Å². The average molecular weight is 215 g/mol. The lowest BCUT2D eigenvalue weighted by Gasteiger charge is -2.25. The van der Waals surface area contributed by atoms with E-state index in [1.807, 2.05) is 26.8 Å². The summed E-state index contributed by atoms with van der Waals surface area (Å²) in [6, 6.07) is 3.50. The summed E-state index contributed by atoms with van der Waals surface area (Å²) >= 11 is 5.82. The first kappa shape index (κ1) is 11.3. The maximum atomic E-state index is 9.80. The van der Waals surface area contributed by atoms with Gasteiger partial charge in [0, 0.05) is 11.0 Å². The molecule has 3 heteroatoms. The molecule has 0 aliphatic heterocycles. The highest BCUT2D eigenvalue weighted by Crippen LogP contribution is 2.37. The van der Waals surface area contributed by atoms with Crippen molar-refractivity contribution in [3.8, 4) is 5.75 Å². The third-order valence-corrected chi connectivity index (χ3v) is 2.71. The van der Waals surface area contributed by atoms with Gasteiger partial charge in [-0.15, -0.1) is 0 Å². The molecular formula is C11H15ClO2. The Balaban J connectivity index is 3.40. The van der Waals surface area contributed by atoms with E-state index < -0.39 is 5.41 Å². The molecule has 78 valence electrons. The Bertz CT molecular complexity index is 345. The van der Waals surface area contributed by atoms with Crippen LogP contribution in [0.1, 0.15) is 25.0 Å². The predicted molar refractivity (Wildman–Crippen MR) is 58.0 cm³/mol. The van der Waals surface area contributed by atoms with Crippen molar-refractivity contribution in [1.29, 1.82) is 0 Å². The molecule has 0 atom stereocenters. The van der Waals surface area contributed by atoms with Crippen LogP contribution < -0.4 is 0 Å². The maximum absolute atomic E-state index is 9.80. The summed E-state index contributed by atoms with van der Waals surface area (Å²) in [5.74, 6) is 0.0747. The zero-order valence-electron chi connectivity index (χ0n) is 8.63. The normalized spacial score (nSPS) is 11.8. The number of aliphatic hydroxyl groups excluding tert-OH is 1. The summed E-state index contributed by atoms with van der Waals surface area (Å²) in [6.07, 6.45) is 0. The van der Waals surface area contributed by atoms with Crippen molar-refractivity contribution < 1.29 is 10.2 Å². The number of benzene rings is 1. The van der Waals surface area contributed by atoms with Crippen molar-refractivity contribution in [2.24, 2.45) is 0 Å². The van der Waals surface area contributed by atoms with Crippen LogP contribution in [0.3, 0.4) is 0 Å². The Kier molecular flexibility index (Phi) is 3.07. The van der Waals surface area contributed by atoms with Gasteiger partial charge >= 0.3 is 0 Å². The summed E-state index contributed by atoms with van der Waals surface area (Å²) in [5.41, 5.74) is 1.18. The highest BCUT2D eigenvalue weighted by molar-refractivity contribution is 6.32. The van der Waals surface area contributed by atoms with Gasteiger partial charge in [-0.1, -0.05) is 31.5 Å². The molecule has 0 saturated heterocycles. The second-order valence-corrected chi connectivity index (χ2v) is 4.54. The van der Waals surface area contributed by atoms with Crippen molar-refractivity contribution in [2.45, 2.75) is 26.2 Å². The van der Waals surface area contributed by atoms with Gasteiger partial charge in [-0.05, 0) is 18.6 Å². The minimum atomic E-state index is -0.473. The van der Waals surface area contributed by atoms with Crippen LogP contribution in [-0.2, 0) is 5.41 Å². The van der Waals surface area contributed by atoms with Gasteiger partial charge in [0.05, 0.1) is 11.6 Å². The molecule has 2 nitrogen and oxygen atoms in total. The number of rotatable bonds is 2. The molecule has 1 aromatic carbocycles. The Hall–Kier alpha value is -0.730. The summed E-state index contributed by atoms with van der Waals surface area (Å²) in [4.78, 5) is 0. The van der Waals surface area contributed by atoms with Crippen LogP contribution >= 0.6 is 11.6 Å². The van der Waals surface area contributed by atoms with Gasteiger partial charge in [0.15, 0.2) is 0 Å². The summed E-state index contributed by atoms with van der Waals surface area (Å²) in [7, 11) is 0. The van der Waals surface area contributed by atoms with E-state index in [9.17, 15) is 10.2 Å². The molecule has 0 fully saturated rings. The third kappa shape index (κ3) is 1.86. The van der Waals surface area contributed by atoms with Crippen LogP contribution in [0.4, 0.5) is 0 Å². The predicted octanol–water partition coefficient (Wildman–Crippen LogP) is 2.62. The van der Waals surface area contributed by atoms with E-state index in [-0.39, 0.29) is 12.4 Å². The summed E-state index contributed by atoms with van der Waals surface area (Å²) in [5, 5.41) is 19.4. The lowest BCUT2D eigenvalue weighted by Crippen LogP contribution is -2.23. The van der Waals surface area contributed by atoms with Crippen LogP contribution in [0.25, 0.3) is 0 Å². The Morgan fingerprint density at radius 1 is 1.36 bits per heavy atom. The molecule has 0 spiro atoms. The molecule has 0 amide bonds. The van der Waals surface area contributed by atoms with E-state index in [0.717, 1.165) is 5.56 Å². The lowest BCUT2D eigenvalue weighted by molar-refractivity contribution is 0.215.